The molecule has 0 aromatic carbocycles. The van der Waals surface area contributed by atoms with E-state index in [-0.39, 0.29) is 11.8 Å². The van der Waals surface area contributed by atoms with Gasteiger partial charge in [0.15, 0.2) is 0 Å². The first-order chi connectivity index (χ1) is 11.0. The fraction of sp³-hybridized carbons (Fsp3) is 0.611. The molecule has 0 unspecified atom stereocenters. The SMILES string of the molecule is CC(C)c1noc2ncc(C(=O)N(C)[C@H]3CCC[C@@H](C)C3)cc12. The number of amides is 1. The largest absolute Gasteiger partial charge is 0.339 e. The van der Waals surface area contributed by atoms with E-state index in [0.29, 0.717) is 23.2 Å². The van der Waals surface area contributed by atoms with Gasteiger partial charge in [-0.1, -0.05) is 38.8 Å². The van der Waals surface area contributed by atoms with Crippen molar-refractivity contribution >= 4 is 17.0 Å². The third-order valence-electron chi connectivity index (χ3n) is 4.93. The number of nitrogens with zero attached hydrogens (tertiary/aromatic N) is 3. The van der Waals surface area contributed by atoms with Crippen molar-refractivity contribution in [2.45, 2.75) is 58.4 Å². The summed E-state index contributed by atoms with van der Waals surface area (Å²) >= 11 is 0. The van der Waals surface area contributed by atoms with Gasteiger partial charge in [0.25, 0.3) is 11.6 Å². The maximum Gasteiger partial charge on any atom is 0.257 e. The van der Waals surface area contributed by atoms with Crippen molar-refractivity contribution < 1.29 is 9.32 Å². The molecule has 2 atom stereocenters. The molecule has 2 aromatic heterocycles. The van der Waals surface area contributed by atoms with Crippen LogP contribution >= 0.6 is 0 Å². The average molecular weight is 315 g/mol. The van der Waals surface area contributed by atoms with Crippen LogP contribution in [0.5, 0.6) is 0 Å². The highest BCUT2D eigenvalue weighted by molar-refractivity contribution is 5.97. The summed E-state index contributed by atoms with van der Waals surface area (Å²) in [6, 6.07) is 2.20. The zero-order valence-corrected chi connectivity index (χ0v) is 14.4. The number of carbonyl (C=O) groups excluding carboxylic acids is 1. The minimum atomic E-state index is 0.0365. The molecule has 0 spiro atoms. The lowest BCUT2D eigenvalue weighted by atomic mass is 9.86. The quantitative estimate of drug-likeness (QED) is 0.859. The lowest BCUT2D eigenvalue weighted by Crippen LogP contribution is -2.39. The second-order valence-corrected chi connectivity index (χ2v) is 7.14. The van der Waals surface area contributed by atoms with E-state index < -0.39 is 0 Å². The number of carbonyl (C=O) groups is 1. The van der Waals surface area contributed by atoms with E-state index in [0.717, 1.165) is 23.9 Å². The highest BCUT2D eigenvalue weighted by Crippen LogP contribution is 2.28. The molecule has 0 N–H and O–H groups in total. The Balaban J connectivity index is 1.86. The predicted molar refractivity (Wildman–Crippen MR) is 89.4 cm³/mol. The first-order valence-corrected chi connectivity index (χ1v) is 8.49. The third kappa shape index (κ3) is 3.09. The summed E-state index contributed by atoms with van der Waals surface area (Å²) in [5, 5.41) is 4.92. The zero-order chi connectivity index (χ0) is 16.6. The number of hydrogen-bond donors (Lipinski definition) is 0. The third-order valence-corrected chi connectivity index (χ3v) is 4.93. The summed E-state index contributed by atoms with van der Waals surface area (Å²) in [6.07, 6.45) is 6.24. The zero-order valence-electron chi connectivity index (χ0n) is 14.4. The van der Waals surface area contributed by atoms with Gasteiger partial charge in [0.1, 0.15) is 0 Å². The van der Waals surface area contributed by atoms with Crippen molar-refractivity contribution in [3.63, 3.8) is 0 Å². The van der Waals surface area contributed by atoms with E-state index >= 15 is 0 Å². The minimum Gasteiger partial charge on any atom is -0.339 e. The molecule has 0 saturated heterocycles. The second-order valence-electron chi connectivity index (χ2n) is 7.14. The van der Waals surface area contributed by atoms with Crippen molar-refractivity contribution in [1.29, 1.82) is 0 Å². The molecule has 0 bridgehead atoms. The Morgan fingerprint density at radius 2 is 2.17 bits per heavy atom. The van der Waals surface area contributed by atoms with Crippen LogP contribution in [-0.2, 0) is 0 Å². The van der Waals surface area contributed by atoms with Gasteiger partial charge in [0.2, 0.25) is 0 Å². The number of rotatable bonds is 3. The first-order valence-electron chi connectivity index (χ1n) is 8.49. The van der Waals surface area contributed by atoms with Gasteiger partial charge >= 0.3 is 0 Å². The molecule has 3 rings (SSSR count). The van der Waals surface area contributed by atoms with Gasteiger partial charge in [-0.2, -0.15) is 0 Å². The molecule has 5 heteroatoms. The van der Waals surface area contributed by atoms with Crippen LogP contribution in [0.2, 0.25) is 0 Å². The van der Waals surface area contributed by atoms with Crippen LogP contribution in [-0.4, -0.2) is 34.0 Å². The number of hydrogen-bond acceptors (Lipinski definition) is 4. The van der Waals surface area contributed by atoms with E-state index in [9.17, 15) is 4.79 Å². The van der Waals surface area contributed by atoms with Crippen molar-refractivity contribution in [3.8, 4) is 0 Å². The highest BCUT2D eigenvalue weighted by atomic mass is 16.5. The minimum absolute atomic E-state index is 0.0365. The van der Waals surface area contributed by atoms with E-state index in [1.165, 1.54) is 12.8 Å². The summed E-state index contributed by atoms with van der Waals surface area (Å²) < 4.78 is 5.25. The Bertz CT molecular complexity index is 707. The van der Waals surface area contributed by atoms with Gasteiger partial charge in [-0.05, 0) is 30.7 Å². The molecular formula is C18H25N3O2. The molecule has 2 aromatic rings. The standard InChI is InChI=1S/C18H25N3O2/c1-11(2)16-15-9-13(10-19-17(15)23-20-16)18(22)21(4)14-7-5-6-12(3)8-14/h9-12,14H,5-8H2,1-4H3/t12-,14+/m1/s1. The Morgan fingerprint density at radius 3 is 2.87 bits per heavy atom. The van der Waals surface area contributed by atoms with Crippen LogP contribution in [0.4, 0.5) is 0 Å². The number of pyridine rings is 1. The summed E-state index contributed by atoms with van der Waals surface area (Å²) in [7, 11) is 1.91. The monoisotopic (exact) mass is 315 g/mol. The van der Waals surface area contributed by atoms with Crippen LogP contribution in [0.3, 0.4) is 0 Å². The second kappa shape index (κ2) is 6.30. The molecule has 5 nitrogen and oxygen atoms in total. The van der Waals surface area contributed by atoms with E-state index in [4.69, 9.17) is 4.52 Å². The van der Waals surface area contributed by atoms with Crippen molar-refractivity contribution in [2.24, 2.45) is 5.92 Å². The molecule has 1 aliphatic carbocycles. The van der Waals surface area contributed by atoms with Gasteiger partial charge in [-0.15, -0.1) is 0 Å². The normalized spacial score (nSPS) is 21.8. The molecule has 1 aliphatic rings. The van der Waals surface area contributed by atoms with Crippen molar-refractivity contribution in [3.05, 3.63) is 23.5 Å². The maximum atomic E-state index is 12.8. The van der Waals surface area contributed by atoms with Crippen LogP contribution in [0.1, 0.15) is 68.4 Å². The van der Waals surface area contributed by atoms with Gasteiger partial charge in [-0.3, -0.25) is 4.79 Å². The Hall–Kier alpha value is -1.91. The lowest BCUT2D eigenvalue weighted by Gasteiger charge is -2.34. The topological polar surface area (TPSA) is 59.2 Å². The van der Waals surface area contributed by atoms with Crippen LogP contribution in [0.25, 0.3) is 11.1 Å². The first kappa shape index (κ1) is 16.0. The highest BCUT2D eigenvalue weighted by Gasteiger charge is 2.26. The molecule has 124 valence electrons. The molecule has 0 radical (unpaired) electrons. The Morgan fingerprint density at radius 1 is 1.39 bits per heavy atom. The van der Waals surface area contributed by atoms with E-state index in [1.807, 2.05) is 18.0 Å². The molecule has 0 aliphatic heterocycles. The Kier molecular flexibility index (Phi) is 4.37. The smallest absolute Gasteiger partial charge is 0.257 e. The maximum absolute atomic E-state index is 12.8. The summed E-state index contributed by atoms with van der Waals surface area (Å²) in [6.45, 7) is 6.38. The molecule has 1 fully saturated rings. The summed E-state index contributed by atoms with van der Waals surface area (Å²) in [5.41, 5.74) is 1.97. The molecule has 2 heterocycles. The van der Waals surface area contributed by atoms with Gasteiger partial charge in [0, 0.05) is 19.3 Å². The summed E-state index contributed by atoms with van der Waals surface area (Å²) in [5.74, 6) is 0.963. The fourth-order valence-corrected chi connectivity index (χ4v) is 3.51. The summed E-state index contributed by atoms with van der Waals surface area (Å²) in [4.78, 5) is 19.0. The molecule has 23 heavy (non-hydrogen) atoms. The molecule has 1 amide bonds. The average Bonchev–Trinajstić information content (AvgIpc) is 2.96. The Labute approximate surface area is 137 Å². The van der Waals surface area contributed by atoms with Crippen LogP contribution in [0.15, 0.2) is 16.8 Å². The van der Waals surface area contributed by atoms with Gasteiger partial charge < -0.3 is 9.42 Å². The lowest BCUT2D eigenvalue weighted by molar-refractivity contribution is 0.0672. The number of fused-ring (bicyclic) bond motifs is 1. The van der Waals surface area contributed by atoms with Crippen LogP contribution < -0.4 is 0 Å². The van der Waals surface area contributed by atoms with Gasteiger partial charge in [0.05, 0.1) is 16.6 Å². The predicted octanol–water partition coefficient (Wildman–Crippen LogP) is 4.00. The van der Waals surface area contributed by atoms with E-state index in [1.54, 1.807) is 6.20 Å². The van der Waals surface area contributed by atoms with Gasteiger partial charge in [-0.25, -0.2) is 4.98 Å². The van der Waals surface area contributed by atoms with Crippen LogP contribution in [0, 0.1) is 5.92 Å². The van der Waals surface area contributed by atoms with Crippen molar-refractivity contribution in [1.82, 2.24) is 15.0 Å². The number of aromatic nitrogens is 2. The van der Waals surface area contributed by atoms with E-state index in [2.05, 4.69) is 30.9 Å². The fourth-order valence-electron chi connectivity index (χ4n) is 3.51. The molecular weight excluding hydrogens is 290 g/mol. The molecule has 1 saturated carbocycles. The van der Waals surface area contributed by atoms with Crippen molar-refractivity contribution in [2.75, 3.05) is 7.05 Å².